The molecule has 1 aromatic carbocycles. The first kappa shape index (κ1) is 16.2. The van der Waals surface area contributed by atoms with E-state index in [2.05, 4.69) is 39.1 Å². The number of rotatable bonds is 6. The molecule has 0 amide bonds. The van der Waals surface area contributed by atoms with Crippen molar-refractivity contribution in [2.75, 3.05) is 6.54 Å². The van der Waals surface area contributed by atoms with Crippen molar-refractivity contribution in [3.63, 3.8) is 0 Å². The topological polar surface area (TPSA) is 12.0 Å². The molecule has 1 unspecified atom stereocenters. The summed E-state index contributed by atoms with van der Waals surface area (Å²) in [6.07, 6.45) is 2.07. The maximum atomic E-state index is 14.3. The molecule has 1 rings (SSSR count). The summed E-state index contributed by atoms with van der Waals surface area (Å²) in [5, 5.41) is 3.49. The lowest BCUT2D eigenvalue weighted by atomic mass is 9.76. The van der Waals surface area contributed by atoms with Gasteiger partial charge in [-0.2, -0.15) is 0 Å². The van der Waals surface area contributed by atoms with Gasteiger partial charge in [-0.3, -0.25) is 0 Å². The van der Waals surface area contributed by atoms with E-state index in [1.807, 2.05) is 13.8 Å². The molecule has 0 bridgehead atoms. The van der Waals surface area contributed by atoms with Crippen molar-refractivity contribution in [1.29, 1.82) is 0 Å². The number of hydrogen-bond acceptors (Lipinski definition) is 1. The molecule has 108 valence electrons. The van der Waals surface area contributed by atoms with Gasteiger partial charge in [0.05, 0.1) is 0 Å². The van der Waals surface area contributed by atoms with Crippen LogP contribution in [0.15, 0.2) is 12.1 Å². The van der Waals surface area contributed by atoms with E-state index in [9.17, 15) is 4.39 Å². The Morgan fingerprint density at radius 1 is 1.26 bits per heavy atom. The minimum atomic E-state index is -0.151. The van der Waals surface area contributed by atoms with Crippen molar-refractivity contribution in [3.8, 4) is 0 Å². The van der Waals surface area contributed by atoms with Crippen molar-refractivity contribution in [2.45, 2.75) is 65.8 Å². The molecular weight excluding hydrogens is 237 g/mol. The Morgan fingerprint density at radius 2 is 1.89 bits per heavy atom. The standard InChI is InChI=1S/C17H28FN/c1-7-8-19-14(4)11-17(5,6)16-13(3)9-12(2)10-15(16)18/h9-10,14,19H,7-8,11H2,1-6H3. The average molecular weight is 265 g/mol. The molecule has 0 fully saturated rings. The maximum absolute atomic E-state index is 14.3. The molecule has 0 spiro atoms. The van der Waals surface area contributed by atoms with E-state index < -0.39 is 0 Å². The zero-order valence-corrected chi connectivity index (χ0v) is 13.2. The third-order valence-electron chi connectivity index (χ3n) is 3.67. The van der Waals surface area contributed by atoms with Gasteiger partial charge in [0.25, 0.3) is 0 Å². The van der Waals surface area contributed by atoms with Gasteiger partial charge in [-0.25, -0.2) is 4.39 Å². The highest BCUT2D eigenvalue weighted by Crippen LogP contribution is 2.33. The third kappa shape index (κ3) is 4.31. The van der Waals surface area contributed by atoms with Gasteiger partial charge in [0.15, 0.2) is 0 Å². The minimum absolute atomic E-state index is 0.0646. The first-order valence-corrected chi connectivity index (χ1v) is 7.28. The highest BCUT2D eigenvalue weighted by molar-refractivity contribution is 5.37. The number of halogens is 1. The van der Waals surface area contributed by atoms with Gasteiger partial charge in [-0.15, -0.1) is 0 Å². The number of hydrogen-bond donors (Lipinski definition) is 1. The SMILES string of the molecule is CCCNC(C)CC(C)(C)c1c(C)cc(C)cc1F. The van der Waals surface area contributed by atoms with Crippen LogP contribution in [0.2, 0.25) is 0 Å². The summed E-state index contributed by atoms with van der Waals surface area (Å²) in [6.45, 7) is 13.6. The Hall–Kier alpha value is -0.890. The van der Waals surface area contributed by atoms with Gasteiger partial charge in [0, 0.05) is 6.04 Å². The Labute approximate surface area is 117 Å². The van der Waals surface area contributed by atoms with Crippen molar-refractivity contribution < 1.29 is 4.39 Å². The van der Waals surface area contributed by atoms with Crippen LogP contribution in [0, 0.1) is 19.7 Å². The van der Waals surface area contributed by atoms with E-state index in [1.165, 1.54) is 0 Å². The molecule has 1 nitrogen and oxygen atoms in total. The Kier molecular flexibility index (Phi) is 5.54. The first-order valence-electron chi connectivity index (χ1n) is 7.28. The Balaban J connectivity index is 2.93. The van der Waals surface area contributed by atoms with Crippen molar-refractivity contribution in [1.82, 2.24) is 5.32 Å². The van der Waals surface area contributed by atoms with Crippen LogP contribution in [0.3, 0.4) is 0 Å². The van der Waals surface area contributed by atoms with Crippen LogP contribution in [0.5, 0.6) is 0 Å². The predicted molar refractivity (Wildman–Crippen MR) is 81.3 cm³/mol. The molecule has 0 heterocycles. The second kappa shape index (κ2) is 6.51. The second-order valence-electron chi connectivity index (χ2n) is 6.38. The van der Waals surface area contributed by atoms with Crippen LogP contribution in [0.25, 0.3) is 0 Å². The Bertz CT molecular complexity index is 400. The summed E-state index contributed by atoms with van der Waals surface area (Å²) >= 11 is 0. The fourth-order valence-electron chi connectivity index (χ4n) is 3.10. The molecule has 1 atom stereocenters. The van der Waals surface area contributed by atoms with Gasteiger partial charge in [-0.1, -0.05) is 26.8 Å². The smallest absolute Gasteiger partial charge is 0.127 e. The van der Waals surface area contributed by atoms with Gasteiger partial charge in [0.1, 0.15) is 5.82 Å². The average Bonchev–Trinajstić information content (AvgIpc) is 2.23. The van der Waals surface area contributed by atoms with Crippen LogP contribution in [-0.4, -0.2) is 12.6 Å². The summed E-state index contributed by atoms with van der Waals surface area (Å²) in [4.78, 5) is 0. The summed E-state index contributed by atoms with van der Waals surface area (Å²) in [7, 11) is 0. The lowest BCUT2D eigenvalue weighted by molar-refractivity contribution is 0.376. The van der Waals surface area contributed by atoms with Gasteiger partial charge >= 0.3 is 0 Å². The fourth-order valence-corrected chi connectivity index (χ4v) is 3.10. The molecular formula is C17H28FN. The number of aryl methyl sites for hydroxylation is 2. The molecule has 0 aliphatic carbocycles. The molecule has 0 aliphatic heterocycles. The van der Waals surface area contributed by atoms with Crippen molar-refractivity contribution in [3.05, 3.63) is 34.6 Å². The quantitative estimate of drug-likeness (QED) is 0.798. The summed E-state index contributed by atoms with van der Waals surface area (Å²) in [5.41, 5.74) is 2.77. The van der Waals surface area contributed by atoms with E-state index >= 15 is 0 Å². The van der Waals surface area contributed by atoms with E-state index in [1.54, 1.807) is 6.07 Å². The van der Waals surface area contributed by atoms with Gasteiger partial charge in [0.2, 0.25) is 0 Å². The zero-order chi connectivity index (χ0) is 14.6. The van der Waals surface area contributed by atoms with Crippen LogP contribution in [-0.2, 0) is 5.41 Å². The lowest BCUT2D eigenvalue weighted by Crippen LogP contribution is -2.34. The van der Waals surface area contributed by atoms with E-state index in [4.69, 9.17) is 0 Å². The second-order valence-corrected chi connectivity index (χ2v) is 6.38. The third-order valence-corrected chi connectivity index (χ3v) is 3.67. The molecule has 0 saturated carbocycles. The predicted octanol–water partition coefficient (Wildman–Crippen LogP) is 4.50. The molecule has 0 radical (unpaired) electrons. The molecule has 1 N–H and O–H groups in total. The van der Waals surface area contributed by atoms with Crippen LogP contribution in [0.1, 0.15) is 57.2 Å². The monoisotopic (exact) mass is 265 g/mol. The van der Waals surface area contributed by atoms with E-state index in [-0.39, 0.29) is 11.2 Å². The largest absolute Gasteiger partial charge is 0.314 e. The van der Waals surface area contributed by atoms with Crippen molar-refractivity contribution in [2.24, 2.45) is 0 Å². The Morgan fingerprint density at radius 3 is 2.42 bits per heavy atom. The minimum Gasteiger partial charge on any atom is -0.314 e. The summed E-state index contributed by atoms with van der Waals surface area (Å²) in [6, 6.07) is 4.12. The molecule has 0 saturated heterocycles. The molecule has 0 aromatic heterocycles. The molecule has 1 aromatic rings. The molecule has 19 heavy (non-hydrogen) atoms. The number of nitrogens with one attached hydrogen (secondary N) is 1. The molecule has 0 aliphatic rings. The van der Waals surface area contributed by atoms with Crippen LogP contribution < -0.4 is 5.32 Å². The first-order chi connectivity index (χ1) is 8.77. The highest BCUT2D eigenvalue weighted by Gasteiger charge is 2.28. The van der Waals surface area contributed by atoms with Crippen LogP contribution in [0.4, 0.5) is 4.39 Å². The maximum Gasteiger partial charge on any atom is 0.127 e. The summed E-state index contributed by atoms with van der Waals surface area (Å²) < 4.78 is 14.3. The normalized spacial score (nSPS) is 13.6. The lowest BCUT2D eigenvalue weighted by Gasteiger charge is -2.31. The van der Waals surface area contributed by atoms with Crippen molar-refractivity contribution >= 4 is 0 Å². The van der Waals surface area contributed by atoms with Gasteiger partial charge < -0.3 is 5.32 Å². The van der Waals surface area contributed by atoms with Crippen LogP contribution >= 0.6 is 0 Å². The molecule has 2 heteroatoms. The number of benzene rings is 1. The fraction of sp³-hybridized carbons (Fsp3) is 0.647. The zero-order valence-electron chi connectivity index (χ0n) is 13.2. The van der Waals surface area contributed by atoms with E-state index in [0.29, 0.717) is 6.04 Å². The highest BCUT2D eigenvalue weighted by atomic mass is 19.1. The van der Waals surface area contributed by atoms with Gasteiger partial charge in [-0.05, 0) is 68.3 Å². The van der Waals surface area contributed by atoms with E-state index in [0.717, 1.165) is 36.1 Å². The summed E-state index contributed by atoms with van der Waals surface area (Å²) in [5.74, 6) is -0.0646.